The quantitative estimate of drug-likeness (QED) is 0.365. The second-order valence-electron chi connectivity index (χ2n) is 4.19. The average Bonchev–Trinajstić information content (AvgIpc) is 2.15. The van der Waals surface area contributed by atoms with Crippen LogP contribution in [0.15, 0.2) is 23.8 Å². The Labute approximate surface area is 90.1 Å². The summed E-state index contributed by atoms with van der Waals surface area (Å²) in [6.45, 7) is 6.57. The first-order valence-electron chi connectivity index (χ1n) is 6.05. The van der Waals surface area contributed by atoms with E-state index in [1.165, 1.54) is 44.1 Å². The van der Waals surface area contributed by atoms with Crippen molar-refractivity contribution in [2.45, 2.75) is 65.7 Å². The predicted molar refractivity (Wildman–Crippen MR) is 66.6 cm³/mol. The molecule has 0 rings (SSSR count). The third kappa shape index (κ3) is 11.5. The van der Waals surface area contributed by atoms with E-state index in [-0.39, 0.29) is 0 Å². The summed E-state index contributed by atoms with van der Waals surface area (Å²) in [5.74, 6) is 0. The normalized spacial score (nSPS) is 10.8. The maximum atomic E-state index is 2.32. The van der Waals surface area contributed by atoms with Gasteiger partial charge in [-0.15, -0.1) is 0 Å². The number of allylic oxidation sites excluding steroid dienone is 4. The lowest BCUT2D eigenvalue weighted by atomic mass is 10.1. The monoisotopic (exact) mass is 194 g/mol. The Kier molecular flexibility index (Phi) is 10.2. The molecule has 82 valence electrons. The minimum atomic E-state index is 1.11. The highest BCUT2D eigenvalue weighted by molar-refractivity contribution is 4.98. The van der Waals surface area contributed by atoms with E-state index in [0.717, 1.165) is 6.42 Å². The summed E-state index contributed by atoms with van der Waals surface area (Å²) >= 11 is 0. The van der Waals surface area contributed by atoms with E-state index in [4.69, 9.17) is 0 Å². The lowest BCUT2D eigenvalue weighted by Crippen LogP contribution is -1.75. The first kappa shape index (κ1) is 13.5. The fourth-order valence-electron chi connectivity index (χ4n) is 1.38. The van der Waals surface area contributed by atoms with E-state index in [0.29, 0.717) is 0 Å². The van der Waals surface area contributed by atoms with Gasteiger partial charge in [0.1, 0.15) is 0 Å². The topological polar surface area (TPSA) is 0 Å². The maximum absolute atomic E-state index is 2.32. The van der Waals surface area contributed by atoms with Gasteiger partial charge in [0.05, 0.1) is 0 Å². The van der Waals surface area contributed by atoms with Gasteiger partial charge in [-0.1, -0.05) is 56.4 Å². The van der Waals surface area contributed by atoms with E-state index >= 15 is 0 Å². The third-order valence-electron chi connectivity index (χ3n) is 2.30. The van der Waals surface area contributed by atoms with Crippen LogP contribution in [0.2, 0.25) is 0 Å². The first-order valence-corrected chi connectivity index (χ1v) is 6.05. The Bertz CT molecular complexity index is 159. The van der Waals surface area contributed by atoms with Crippen molar-refractivity contribution in [1.82, 2.24) is 0 Å². The van der Waals surface area contributed by atoms with Crippen LogP contribution >= 0.6 is 0 Å². The van der Waals surface area contributed by atoms with Gasteiger partial charge in [0.15, 0.2) is 0 Å². The van der Waals surface area contributed by atoms with Crippen molar-refractivity contribution < 1.29 is 0 Å². The van der Waals surface area contributed by atoms with Crippen molar-refractivity contribution in [3.05, 3.63) is 23.8 Å². The van der Waals surface area contributed by atoms with E-state index < -0.39 is 0 Å². The minimum absolute atomic E-state index is 1.11. The summed E-state index contributed by atoms with van der Waals surface area (Å²) in [6.07, 6.45) is 16.2. The van der Waals surface area contributed by atoms with Crippen LogP contribution in [0.25, 0.3) is 0 Å². The molecule has 0 aromatic heterocycles. The molecule has 0 N–H and O–H groups in total. The van der Waals surface area contributed by atoms with Crippen molar-refractivity contribution in [2.24, 2.45) is 0 Å². The van der Waals surface area contributed by atoms with Gasteiger partial charge in [-0.25, -0.2) is 0 Å². The SMILES string of the molecule is CCCCCCCC=CCC=C(C)C. The number of hydrogen-bond donors (Lipinski definition) is 0. The molecule has 0 aromatic rings. The van der Waals surface area contributed by atoms with Crippen LogP contribution in [-0.2, 0) is 0 Å². The Morgan fingerprint density at radius 3 is 2.29 bits per heavy atom. The zero-order chi connectivity index (χ0) is 10.6. The molecule has 0 unspecified atom stereocenters. The summed E-state index contributed by atoms with van der Waals surface area (Å²) in [5, 5.41) is 0. The Balaban J connectivity index is 3.15. The highest BCUT2D eigenvalue weighted by atomic mass is 13.9. The van der Waals surface area contributed by atoms with Crippen molar-refractivity contribution >= 4 is 0 Å². The van der Waals surface area contributed by atoms with Gasteiger partial charge < -0.3 is 0 Å². The van der Waals surface area contributed by atoms with E-state index in [9.17, 15) is 0 Å². The molecule has 0 nitrogen and oxygen atoms in total. The van der Waals surface area contributed by atoms with Crippen molar-refractivity contribution in [1.29, 1.82) is 0 Å². The molecule has 0 heteroatoms. The standard InChI is InChI=1S/C14H26/c1-4-5-6-7-8-9-10-11-12-13-14(2)3/h10-11,13H,4-9,12H2,1-3H3. The first-order chi connectivity index (χ1) is 6.77. The second kappa shape index (κ2) is 10.6. The van der Waals surface area contributed by atoms with Crippen molar-refractivity contribution in [2.75, 3.05) is 0 Å². The molecule has 0 saturated heterocycles. The van der Waals surface area contributed by atoms with Gasteiger partial charge in [0.25, 0.3) is 0 Å². The molecule has 0 aliphatic carbocycles. The molecule has 0 saturated carbocycles. The van der Waals surface area contributed by atoms with Crippen LogP contribution in [0.1, 0.15) is 65.7 Å². The Hall–Kier alpha value is -0.520. The van der Waals surface area contributed by atoms with Crippen LogP contribution in [0.5, 0.6) is 0 Å². The lowest BCUT2D eigenvalue weighted by molar-refractivity contribution is 0.637. The fraction of sp³-hybridized carbons (Fsp3) is 0.714. The van der Waals surface area contributed by atoms with Gasteiger partial charge in [-0.2, -0.15) is 0 Å². The summed E-state index contributed by atoms with van der Waals surface area (Å²) in [5.41, 5.74) is 1.41. The van der Waals surface area contributed by atoms with Crippen LogP contribution < -0.4 is 0 Å². The molecular formula is C14H26. The summed E-state index contributed by atoms with van der Waals surface area (Å²) in [6, 6.07) is 0. The Morgan fingerprint density at radius 2 is 1.64 bits per heavy atom. The van der Waals surface area contributed by atoms with Crippen molar-refractivity contribution in [3.8, 4) is 0 Å². The van der Waals surface area contributed by atoms with E-state index in [1.807, 2.05) is 0 Å². The molecule has 0 aliphatic heterocycles. The Morgan fingerprint density at radius 1 is 0.929 bits per heavy atom. The average molecular weight is 194 g/mol. The van der Waals surface area contributed by atoms with E-state index in [1.54, 1.807) is 0 Å². The lowest BCUT2D eigenvalue weighted by Gasteiger charge is -1.95. The molecule has 14 heavy (non-hydrogen) atoms. The van der Waals surface area contributed by atoms with Crippen molar-refractivity contribution in [3.63, 3.8) is 0 Å². The third-order valence-corrected chi connectivity index (χ3v) is 2.30. The highest BCUT2D eigenvalue weighted by Crippen LogP contribution is 2.05. The van der Waals surface area contributed by atoms with Gasteiger partial charge in [0.2, 0.25) is 0 Å². The molecule has 0 aliphatic rings. The molecule has 0 atom stereocenters. The van der Waals surface area contributed by atoms with Gasteiger partial charge >= 0.3 is 0 Å². The van der Waals surface area contributed by atoms with Crippen LogP contribution in [0, 0.1) is 0 Å². The van der Waals surface area contributed by atoms with Crippen LogP contribution in [0.4, 0.5) is 0 Å². The molecule has 0 amide bonds. The number of rotatable bonds is 8. The molecule has 0 bridgehead atoms. The van der Waals surface area contributed by atoms with Gasteiger partial charge in [-0.05, 0) is 33.1 Å². The predicted octanol–water partition coefficient (Wildman–Crippen LogP) is 5.26. The molecule has 0 radical (unpaired) electrons. The molecule has 0 heterocycles. The number of hydrogen-bond acceptors (Lipinski definition) is 0. The summed E-state index contributed by atoms with van der Waals surface area (Å²) in [7, 11) is 0. The number of unbranched alkanes of at least 4 members (excludes halogenated alkanes) is 5. The van der Waals surface area contributed by atoms with Gasteiger partial charge in [-0.3, -0.25) is 0 Å². The molecule has 0 aromatic carbocycles. The zero-order valence-corrected chi connectivity index (χ0v) is 10.2. The maximum Gasteiger partial charge on any atom is -0.0167 e. The fourth-order valence-corrected chi connectivity index (χ4v) is 1.38. The van der Waals surface area contributed by atoms with Gasteiger partial charge in [0, 0.05) is 0 Å². The van der Waals surface area contributed by atoms with Crippen LogP contribution in [-0.4, -0.2) is 0 Å². The second-order valence-corrected chi connectivity index (χ2v) is 4.19. The molecular weight excluding hydrogens is 168 g/mol. The summed E-state index contributed by atoms with van der Waals surface area (Å²) < 4.78 is 0. The minimum Gasteiger partial charge on any atom is -0.0882 e. The smallest absolute Gasteiger partial charge is 0.0167 e. The van der Waals surface area contributed by atoms with Crippen LogP contribution in [0.3, 0.4) is 0 Å². The van der Waals surface area contributed by atoms with E-state index in [2.05, 4.69) is 39.0 Å². The molecule has 0 fully saturated rings. The highest BCUT2D eigenvalue weighted by Gasteiger charge is 1.85. The summed E-state index contributed by atoms with van der Waals surface area (Å²) in [4.78, 5) is 0. The largest absolute Gasteiger partial charge is 0.0882 e. The zero-order valence-electron chi connectivity index (χ0n) is 10.2. The molecule has 0 spiro atoms.